The van der Waals surface area contributed by atoms with Gasteiger partial charge in [-0.15, -0.1) is 0 Å². The van der Waals surface area contributed by atoms with Gasteiger partial charge in [0.25, 0.3) is 11.7 Å². The van der Waals surface area contributed by atoms with Crippen molar-refractivity contribution in [3.8, 4) is 0 Å². The van der Waals surface area contributed by atoms with Gasteiger partial charge in [0, 0.05) is 18.7 Å². The van der Waals surface area contributed by atoms with Crippen LogP contribution in [0, 0.1) is 5.92 Å². The zero-order valence-corrected chi connectivity index (χ0v) is 16.1. The van der Waals surface area contributed by atoms with E-state index in [1.807, 2.05) is 43.3 Å². The van der Waals surface area contributed by atoms with Crippen molar-refractivity contribution in [2.75, 3.05) is 44.5 Å². The number of fused-ring (bicyclic) bond motifs is 2. The van der Waals surface area contributed by atoms with Crippen molar-refractivity contribution in [1.29, 1.82) is 0 Å². The number of benzene rings is 1. The van der Waals surface area contributed by atoms with Gasteiger partial charge in [0.15, 0.2) is 0 Å². The third kappa shape index (κ3) is 3.34. The molecule has 1 aromatic rings. The molecule has 7 heteroatoms. The van der Waals surface area contributed by atoms with E-state index < -0.39 is 5.79 Å². The number of hydrogen-bond acceptors (Lipinski definition) is 6. The molecular formula is C21H26N2O5. The van der Waals surface area contributed by atoms with E-state index in [-0.39, 0.29) is 17.8 Å². The Morgan fingerprint density at radius 1 is 1.18 bits per heavy atom. The van der Waals surface area contributed by atoms with Crippen LogP contribution in [0.3, 0.4) is 0 Å². The van der Waals surface area contributed by atoms with E-state index in [1.165, 1.54) is 0 Å². The first-order chi connectivity index (χ1) is 13.7. The smallest absolute Gasteiger partial charge is 0.309 e. The van der Waals surface area contributed by atoms with Crippen molar-refractivity contribution in [2.24, 2.45) is 5.92 Å². The zero-order chi connectivity index (χ0) is 19.6. The summed E-state index contributed by atoms with van der Waals surface area (Å²) in [6.07, 6.45) is 5.22. The molecule has 0 N–H and O–H groups in total. The molecule has 0 saturated carbocycles. The van der Waals surface area contributed by atoms with Crippen LogP contribution in [0.15, 0.2) is 36.4 Å². The fraction of sp³-hybridized carbons (Fsp3) is 0.524. The highest BCUT2D eigenvalue weighted by Crippen LogP contribution is 2.44. The SMILES string of the molecule is CCOC(=O)C1CCN(CN2C(=O)C3(OCC=CCO3)c3ccccc32)CC1. The normalized spacial score (nSPS) is 22.3. The Kier molecular flexibility index (Phi) is 5.48. The van der Waals surface area contributed by atoms with E-state index in [2.05, 4.69) is 4.90 Å². The fourth-order valence-corrected chi connectivity index (χ4v) is 4.09. The molecule has 3 heterocycles. The number of esters is 1. The molecule has 28 heavy (non-hydrogen) atoms. The summed E-state index contributed by atoms with van der Waals surface area (Å²) in [7, 11) is 0. The van der Waals surface area contributed by atoms with E-state index in [4.69, 9.17) is 14.2 Å². The van der Waals surface area contributed by atoms with E-state index >= 15 is 0 Å². The number of anilines is 1. The predicted molar refractivity (Wildman–Crippen MR) is 102 cm³/mol. The molecule has 1 aromatic carbocycles. The van der Waals surface area contributed by atoms with Crippen molar-refractivity contribution < 1.29 is 23.8 Å². The van der Waals surface area contributed by atoms with Gasteiger partial charge >= 0.3 is 5.97 Å². The van der Waals surface area contributed by atoms with Crippen LogP contribution in [-0.4, -0.2) is 56.4 Å². The second-order valence-corrected chi connectivity index (χ2v) is 7.25. The number of likely N-dealkylation sites (tertiary alicyclic amines) is 1. The molecule has 1 fully saturated rings. The van der Waals surface area contributed by atoms with Crippen LogP contribution in [0.25, 0.3) is 0 Å². The lowest BCUT2D eigenvalue weighted by Crippen LogP contribution is -2.49. The molecule has 1 saturated heterocycles. The van der Waals surface area contributed by atoms with Gasteiger partial charge in [0.1, 0.15) is 0 Å². The lowest BCUT2D eigenvalue weighted by molar-refractivity contribution is -0.220. The molecule has 1 amide bonds. The van der Waals surface area contributed by atoms with E-state index in [0.717, 1.165) is 37.2 Å². The number of nitrogens with zero attached hydrogens (tertiary/aromatic N) is 2. The summed E-state index contributed by atoms with van der Waals surface area (Å²) in [5.41, 5.74) is 1.58. The van der Waals surface area contributed by atoms with Crippen LogP contribution in [-0.2, 0) is 29.6 Å². The molecule has 0 bridgehead atoms. The van der Waals surface area contributed by atoms with Crippen LogP contribution in [0.4, 0.5) is 5.69 Å². The molecule has 0 aliphatic carbocycles. The maximum absolute atomic E-state index is 13.4. The van der Waals surface area contributed by atoms with Crippen LogP contribution < -0.4 is 4.90 Å². The molecule has 3 aliphatic rings. The molecule has 0 radical (unpaired) electrons. The second kappa shape index (κ2) is 8.03. The van der Waals surface area contributed by atoms with Gasteiger partial charge in [-0.1, -0.05) is 30.4 Å². The van der Waals surface area contributed by atoms with Gasteiger partial charge in [0.2, 0.25) is 0 Å². The minimum atomic E-state index is -1.37. The minimum Gasteiger partial charge on any atom is -0.466 e. The van der Waals surface area contributed by atoms with Gasteiger partial charge in [-0.05, 0) is 25.8 Å². The lowest BCUT2D eigenvalue weighted by atomic mass is 9.97. The van der Waals surface area contributed by atoms with Gasteiger partial charge in [-0.3, -0.25) is 19.4 Å². The Bertz CT molecular complexity index is 760. The van der Waals surface area contributed by atoms with Crippen LogP contribution in [0.1, 0.15) is 25.3 Å². The molecule has 4 rings (SSSR count). The van der Waals surface area contributed by atoms with Crippen LogP contribution in [0.5, 0.6) is 0 Å². The highest BCUT2D eigenvalue weighted by atomic mass is 16.7. The summed E-state index contributed by atoms with van der Waals surface area (Å²) < 4.78 is 16.9. The number of piperidine rings is 1. The van der Waals surface area contributed by atoms with E-state index in [9.17, 15) is 9.59 Å². The summed E-state index contributed by atoms with van der Waals surface area (Å²) in [5.74, 6) is -1.73. The highest BCUT2D eigenvalue weighted by molar-refractivity contribution is 6.06. The van der Waals surface area contributed by atoms with Crippen LogP contribution in [0.2, 0.25) is 0 Å². The Labute approximate surface area is 164 Å². The quantitative estimate of drug-likeness (QED) is 0.583. The largest absolute Gasteiger partial charge is 0.466 e. The third-order valence-corrected chi connectivity index (χ3v) is 5.56. The summed E-state index contributed by atoms with van der Waals surface area (Å²) in [6, 6.07) is 7.64. The molecule has 150 valence electrons. The van der Waals surface area contributed by atoms with Crippen molar-refractivity contribution in [1.82, 2.24) is 4.90 Å². The monoisotopic (exact) mass is 386 g/mol. The maximum Gasteiger partial charge on any atom is 0.309 e. The Hall–Kier alpha value is -2.22. The lowest BCUT2D eigenvalue weighted by Gasteiger charge is -2.34. The average Bonchev–Trinajstić information content (AvgIpc) is 2.89. The number of hydrogen-bond donors (Lipinski definition) is 0. The molecule has 0 aromatic heterocycles. The van der Waals surface area contributed by atoms with Crippen molar-refractivity contribution in [3.63, 3.8) is 0 Å². The number of rotatable bonds is 4. The number of carbonyl (C=O) groups is 2. The second-order valence-electron chi connectivity index (χ2n) is 7.25. The summed E-state index contributed by atoms with van der Waals surface area (Å²) in [5, 5.41) is 0. The van der Waals surface area contributed by atoms with Crippen molar-refractivity contribution in [3.05, 3.63) is 42.0 Å². The first-order valence-electron chi connectivity index (χ1n) is 9.89. The van der Waals surface area contributed by atoms with Crippen molar-refractivity contribution in [2.45, 2.75) is 25.6 Å². The third-order valence-electron chi connectivity index (χ3n) is 5.56. The predicted octanol–water partition coefficient (Wildman–Crippen LogP) is 2.02. The summed E-state index contributed by atoms with van der Waals surface area (Å²) in [6.45, 7) is 4.84. The first kappa shape index (κ1) is 19.1. The van der Waals surface area contributed by atoms with E-state index in [0.29, 0.717) is 26.5 Å². The number of ether oxygens (including phenoxy) is 3. The van der Waals surface area contributed by atoms with Gasteiger partial charge in [-0.2, -0.15) is 0 Å². The van der Waals surface area contributed by atoms with Gasteiger partial charge in [-0.25, -0.2) is 0 Å². The maximum atomic E-state index is 13.4. The zero-order valence-electron chi connectivity index (χ0n) is 16.1. The first-order valence-corrected chi connectivity index (χ1v) is 9.89. The average molecular weight is 386 g/mol. The molecule has 1 spiro atoms. The topological polar surface area (TPSA) is 68.3 Å². The Morgan fingerprint density at radius 3 is 2.54 bits per heavy atom. The Balaban J connectivity index is 1.49. The number of carbonyl (C=O) groups excluding carboxylic acids is 2. The van der Waals surface area contributed by atoms with Crippen molar-refractivity contribution >= 4 is 17.6 Å². The number of amides is 1. The fourth-order valence-electron chi connectivity index (χ4n) is 4.09. The Morgan fingerprint density at radius 2 is 1.86 bits per heavy atom. The minimum absolute atomic E-state index is 0.0521. The van der Waals surface area contributed by atoms with Gasteiger partial charge < -0.3 is 14.2 Å². The molecule has 7 nitrogen and oxygen atoms in total. The summed E-state index contributed by atoms with van der Waals surface area (Å²) in [4.78, 5) is 29.3. The standard InChI is InChI=1S/C21H26N2O5/c1-2-26-19(24)16-9-11-22(12-10-16)15-23-18-8-4-3-7-17(18)21(20(23)25)27-13-5-6-14-28-21/h3-8,16H,2,9-15H2,1H3. The molecule has 3 aliphatic heterocycles. The summed E-state index contributed by atoms with van der Waals surface area (Å²) >= 11 is 0. The van der Waals surface area contributed by atoms with Crippen LogP contribution >= 0.6 is 0 Å². The molecule has 0 unspecified atom stereocenters. The number of para-hydroxylation sites is 1. The highest BCUT2D eigenvalue weighted by Gasteiger charge is 2.54. The van der Waals surface area contributed by atoms with Gasteiger partial charge in [0.05, 0.1) is 38.1 Å². The molecule has 0 atom stereocenters. The molecular weight excluding hydrogens is 360 g/mol. The van der Waals surface area contributed by atoms with E-state index in [1.54, 1.807) is 4.90 Å².